The number of nitrogens with zero attached hydrogens (tertiary/aromatic N) is 3. The van der Waals surface area contributed by atoms with E-state index in [-0.39, 0.29) is 11.3 Å². The molecule has 0 saturated carbocycles. The molecular formula is C12H10F2N4O. The molecule has 0 saturated heterocycles. The maximum absolute atomic E-state index is 13.3. The van der Waals surface area contributed by atoms with Gasteiger partial charge in [-0.3, -0.25) is 4.79 Å². The molecule has 0 aliphatic carbocycles. The van der Waals surface area contributed by atoms with E-state index >= 15 is 0 Å². The second-order valence-electron chi connectivity index (χ2n) is 3.91. The zero-order chi connectivity index (χ0) is 14.0. The topological polar surface area (TPSA) is 67.8 Å². The number of carbonyl (C=O) groups excluding carboxylic acids is 1. The van der Waals surface area contributed by atoms with E-state index in [2.05, 4.69) is 20.5 Å². The molecule has 1 N–H and O–H groups in total. The first kappa shape index (κ1) is 13.0. The summed E-state index contributed by atoms with van der Waals surface area (Å²) in [6, 6.07) is 3.60. The van der Waals surface area contributed by atoms with Crippen LogP contribution in [0.15, 0.2) is 18.2 Å². The number of hydrogen-bond acceptors (Lipinski definition) is 4. The van der Waals surface area contributed by atoms with E-state index in [1.807, 2.05) is 0 Å². The largest absolute Gasteiger partial charge is 0.318 e. The Kier molecular flexibility index (Phi) is 3.46. The highest BCUT2D eigenvalue weighted by molar-refractivity contribution is 6.04. The minimum absolute atomic E-state index is 0.194. The summed E-state index contributed by atoms with van der Waals surface area (Å²) in [7, 11) is 0. The van der Waals surface area contributed by atoms with Crippen LogP contribution in [0.4, 0.5) is 14.5 Å². The standard InChI is InChI=1S/C12H10F2N4O/c1-6-5-8(7(2)18-17-6)12(19)15-9-3-4-10(13)16-11(9)14/h3-5H,1-2H3,(H,15,19). The Hall–Kier alpha value is -2.44. The van der Waals surface area contributed by atoms with E-state index in [9.17, 15) is 13.6 Å². The Balaban J connectivity index is 2.28. The monoisotopic (exact) mass is 264 g/mol. The third-order valence-electron chi connectivity index (χ3n) is 2.41. The number of rotatable bonds is 2. The number of halogens is 2. The Morgan fingerprint density at radius 2 is 1.95 bits per heavy atom. The molecule has 1 amide bonds. The highest BCUT2D eigenvalue weighted by Crippen LogP contribution is 2.14. The fourth-order valence-corrected chi connectivity index (χ4v) is 1.47. The first-order chi connectivity index (χ1) is 8.97. The third kappa shape index (κ3) is 2.87. The molecule has 19 heavy (non-hydrogen) atoms. The number of amides is 1. The van der Waals surface area contributed by atoms with Gasteiger partial charge in [-0.1, -0.05) is 0 Å². The minimum Gasteiger partial charge on any atom is -0.318 e. The maximum Gasteiger partial charge on any atom is 0.257 e. The van der Waals surface area contributed by atoms with Crippen LogP contribution in [0, 0.1) is 25.7 Å². The van der Waals surface area contributed by atoms with Gasteiger partial charge in [0.2, 0.25) is 11.9 Å². The van der Waals surface area contributed by atoms with Crippen molar-refractivity contribution < 1.29 is 13.6 Å². The van der Waals surface area contributed by atoms with Crippen molar-refractivity contribution in [2.45, 2.75) is 13.8 Å². The van der Waals surface area contributed by atoms with Gasteiger partial charge in [0, 0.05) is 0 Å². The first-order valence-electron chi connectivity index (χ1n) is 5.41. The van der Waals surface area contributed by atoms with Gasteiger partial charge in [0.25, 0.3) is 5.91 Å². The van der Waals surface area contributed by atoms with Gasteiger partial charge in [0.1, 0.15) is 0 Å². The first-order valence-corrected chi connectivity index (χ1v) is 5.41. The van der Waals surface area contributed by atoms with Crippen LogP contribution in [-0.4, -0.2) is 21.1 Å². The zero-order valence-electron chi connectivity index (χ0n) is 10.2. The molecule has 2 heterocycles. The molecule has 2 aromatic rings. The molecule has 7 heteroatoms. The van der Waals surface area contributed by atoms with Crippen molar-refractivity contribution in [3.8, 4) is 0 Å². The van der Waals surface area contributed by atoms with E-state index in [0.717, 1.165) is 12.1 Å². The van der Waals surface area contributed by atoms with Crippen molar-refractivity contribution in [2.24, 2.45) is 0 Å². The fraction of sp³-hybridized carbons (Fsp3) is 0.167. The number of aryl methyl sites for hydroxylation is 2. The summed E-state index contributed by atoms with van der Waals surface area (Å²) in [5.74, 6) is -2.58. The lowest BCUT2D eigenvalue weighted by Gasteiger charge is -2.07. The Morgan fingerprint density at radius 1 is 1.21 bits per heavy atom. The number of aromatic nitrogens is 3. The van der Waals surface area contributed by atoms with Crippen molar-refractivity contribution in [3.05, 3.63) is 47.0 Å². The minimum atomic E-state index is -1.08. The molecule has 0 bridgehead atoms. The van der Waals surface area contributed by atoms with Crippen LogP contribution in [0.25, 0.3) is 0 Å². The molecule has 0 aliphatic heterocycles. The summed E-state index contributed by atoms with van der Waals surface area (Å²) >= 11 is 0. The number of pyridine rings is 1. The Bertz CT molecular complexity index is 646. The Labute approximate surface area is 107 Å². The van der Waals surface area contributed by atoms with Crippen LogP contribution in [0.5, 0.6) is 0 Å². The highest BCUT2D eigenvalue weighted by atomic mass is 19.1. The zero-order valence-corrected chi connectivity index (χ0v) is 10.2. The van der Waals surface area contributed by atoms with Gasteiger partial charge < -0.3 is 5.32 Å². The molecule has 0 atom stereocenters. The smallest absolute Gasteiger partial charge is 0.257 e. The van der Waals surface area contributed by atoms with Gasteiger partial charge in [0.15, 0.2) is 0 Å². The van der Waals surface area contributed by atoms with Crippen molar-refractivity contribution in [1.29, 1.82) is 0 Å². The van der Waals surface area contributed by atoms with Crippen LogP contribution in [0.2, 0.25) is 0 Å². The summed E-state index contributed by atoms with van der Waals surface area (Å²) in [5, 5.41) is 9.90. The third-order valence-corrected chi connectivity index (χ3v) is 2.41. The maximum atomic E-state index is 13.3. The van der Waals surface area contributed by atoms with Crippen molar-refractivity contribution >= 4 is 11.6 Å². The van der Waals surface area contributed by atoms with Gasteiger partial charge in [-0.25, -0.2) is 0 Å². The normalized spacial score (nSPS) is 10.3. The van der Waals surface area contributed by atoms with Gasteiger partial charge in [0.05, 0.1) is 22.6 Å². The van der Waals surface area contributed by atoms with Crippen LogP contribution in [-0.2, 0) is 0 Å². The summed E-state index contributed by atoms with van der Waals surface area (Å²) in [5.41, 5.74) is 1.06. The van der Waals surface area contributed by atoms with Crippen molar-refractivity contribution in [1.82, 2.24) is 15.2 Å². The van der Waals surface area contributed by atoms with E-state index < -0.39 is 17.8 Å². The number of anilines is 1. The molecule has 2 aromatic heterocycles. The predicted octanol–water partition coefficient (Wildman–Crippen LogP) is 2.02. The highest BCUT2D eigenvalue weighted by Gasteiger charge is 2.14. The second kappa shape index (κ2) is 5.05. The predicted molar refractivity (Wildman–Crippen MR) is 63.6 cm³/mol. The van der Waals surface area contributed by atoms with E-state index in [1.54, 1.807) is 13.8 Å². The molecule has 0 spiro atoms. The molecular weight excluding hydrogens is 254 g/mol. The van der Waals surface area contributed by atoms with Gasteiger partial charge in [-0.2, -0.15) is 24.0 Å². The Morgan fingerprint density at radius 3 is 2.63 bits per heavy atom. The SMILES string of the molecule is Cc1cc(C(=O)Nc2ccc(F)nc2F)c(C)nn1. The number of nitrogens with one attached hydrogen (secondary N) is 1. The van der Waals surface area contributed by atoms with Crippen LogP contribution in [0.3, 0.4) is 0 Å². The van der Waals surface area contributed by atoms with Crippen LogP contribution < -0.4 is 5.32 Å². The molecule has 0 fully saturated rings. The van der Waals surface area contributed by atoms with Gasteiger partial charge in [-0.05, 0) is 32.0 Å². The number of hydrogen-bond donors (Lipinski definition) is 1. The average molecular weight is 264 g/mol. The molecule has 2 rings (SSSR count). The van der Waals surface area contributed by atoms with Gasteiger partial charge >= 0.3 is 0 Å². The molecule has 98 valence electrons. The van der Waals surface area contributed by atoms with E-state index in [1.165, 1.54) is 6.07 Å². The lowest BCUT2D eigenvalue weighted by atomic mass is 10.2. The van der Waals surface area contributed by atoms with Crippen molar-refractivity contribution in [3.63, 3.8) is 0 Å². The van der Waals surface area contributed by atoms with Crippen molar-refractivity contribution in [2.75, 3.05) is 5.32 Å². The molecule has 0 aromatic carbocycles. The number of carbonyl (C=O) groups is 1. The summed E-state index contributed by atoms with van der Waals surface area (Å²) in [4.78, 5) is 14.9. The fourth-order valence-electron chi connectivity index (χ4n) is 1.47. The summed E-state index contributed by atoms with van der Waals surface area (Å²) in [6.45, 7) is 3.30. The summed E-state index contributed by atoms with van der Waals surface area (Å²) in [6.07, 6.45) is 0. The lowest BCUT2D eigenvalue weighted by molar-refractivity contribution is 0.102. The average Bonchev–Trinajstić information content (AvgIpc) is 2.35. The summed E-state index contributed by atoms with van der Waals surface area (Å²) < 4.78 is 26.0. The molecule has 5 nitrogen and oxygen atoms in total. The second-order valence-corrected chi connectivity index (χ2v) is 3.91. The van der Waals surface area contributed by atoms with E-state index in [4.69, 9.17) is 0 Å². The molecule has 0 radical (unpaired) electrons. The molecule has 0 aliphatic rings. The van der Waals surface area contributed by atoms with Crippen LogP contribution in [0.1, 0.15) is 21.7 Å². The van der Waals surface area contributed by atoms with Gasteiger partial charge in [-0.15, -0.1) is 0 Å². The molecule has 0 unspecified atom stereocenters. The quantitative estimate of drug-likeness (QED) is 0.842. The van der Waals surface area contributed by atoms with E-state index in [0.29, 0.717) is 11.4 Å². The lowest BCUT2D eigenvalue weighted by Crippen LogP contribution is -2.16. The van der Waals surface area contributed by atoms with Crippen LogP contribution >= 0.6 is 0 Å².